The maximum Gasteiger partial charge on any atom is 0.205 e. The third-order valence-electron chi connectivity index (χ3n) is 2.16. The number of hydrazone groups is 1. The second kappa shape index (κ2) is 6.55. The highest BCUT2D eigenvalue weighted by Crippen LogP contribution is 2.18. The van der Waals surface area contributed by atoms with E-state index < -0.39 is 0 Å². The first kappa shape index (κ1) is 13.1. The van der Waals surface area contributed by atoms with Gasteiger partial charge in [0.2, 0.25) is 5.13 Å². The number of anilines is 2. The fourth-order valence-electron chi connectivity index (χ4n) is 1.36. The number of rotatable bonds is 6. The average Bonchev–Trinajstić information content (AvgIpc) is 2.83. The Morgan fingerprint density at radius 1 is 1.47 bits per heavy atom. The minimum absolute atomic E-state index is 0.460. The van der Waals surface area contributed by atoms with Crippen LogP contribution in [0, 0.1) is 0 Å². The number of nitrogens with one attached hydrogen (secondary N) is 1. The lowest BCUT2D eigenvalue weighted by Gasteiger charge is -2.05. The molecule has 0 amide bonds. The van der Waals surface area contributed by atoms with E-state index in [1.807, 2.05) is 24.3 Å². The molecule has 1 heterocycles. The summed E-state index contributed by atoms with van der Waals surface area (Å²) in [6, 6.07) is 7.63. The summed E-state index contributed by atoms with van der Waals surface area (Å²) in [6.45, 7) is 4.08. The number of hydrogen-bond donors (Lipinski definition) is 2. The molecule has 2 rings (SSSR count). The predicted molar refractivity (Wildman–Crippen MR) is 79.9 cm³/mol. The molecule has 0 aliphatic carbocycles. The number of benzene rings is 1. The largest absolute Gasteiger partial charge is 0.489 e. The highest BCUT2D eigenvalue weighted by molar-refractivity contribution is 7.14. The van der Waals surface area contributed by atoms with Gasteiger partial charge in [0.05, 0.1) is 6.21 Å². The van der Waals surface area contributed by atoms with E-state index in [4.69, 9.17) is 10.5 Å². The lowest BCUT2D eigenvalue weighted by molar-refractivity contribution is 0.363. The summed E-state index contributed by atoms with van der Waals surface area (Å²) in [5.74, 6) is 1.24. The van der Waals surface area contributed by atoms with Gasteiger partial charge in [0, 0.05) is 10.9 Å². The van der Waals surface area contributed by atoms with E-state index in [0.29, 0.717) is 17.6 Å². The van der Waals surface area contributed by atoms with Gasteiger partial charge in [-0.05, 0) is 12.1 Å². The van der Waals surface area contributed by atoms with Crippen molar-refractivity contribution in [1.82, 2.24) is 4.98 Å². The van der Waals surface area contributed by atoms with Crippen molar-refractivity contribution in [3.8, 4) is 5.75 Å². The molecular weight excluding hydrogens is 260 g/mol. The van der Waals surface area contributed by atoms with Crippen molar-refractivity contribution in [2.45, 2.75) is 0 Å². The summed E-state index contributed by atoms with van der Waals surface area (Å²) in [5.41, 5.74) is 9.21. The molecule has 0 atom stereocenters. The summed E-state index contributed by atoms with van der Waals surface area (Å²) >= 11 is 1.40. The van der Waals surface area contributed by atoms with Gasteiger partial charge in [0.15, 0.2) is 0 Å². The van der Waals surface area contributed by atoms with Crippen LogP contribution in [0.25, 0.3) is 0 Å². The Hall–Kier alpha value is -2.34. The number of nitrogens with two attached hydrogens (primary N) is 1. The van der Waals surface area contributed by atoms with E-state index in [2.05, 4.69) is 22.1 Å². The Morgan fingerprint density at radius 3 is 3.05 bits per heavy atom. The van der Waals surface area contributed by atoms with Crippen LogP contribution < -0.4 is 15.9 Å². The Kier molecular flexibility index (Phi) is 4.52. The molecule has 0 saturated carbocycles. The van der Waals surface area contributed by atoms with Crippen molar-refractivity contribution < 1.29 is 4.74 Å². The lowest BCUT2D eigenvalue weighted by Crippen LogP contribution is -1.97. The summed E-state index contributed by atoms with van der Waals surface area (Å²) in [6.07, 6.45) is 3.38. The topological polar surface area (TPSA) is 72.5 Å². The van der Waals surface area contributed by atoms with Crippen LogP contribution in [0.15, 0.2) is 47.4 Å². The molecule has 0 fully saturated rings. The van der Waals surface area contributed by atoms with Gasteiger partial charge in [-0.15, -0.1) is 11.3 Å². The normalized spacial score (nSPS) is 10.5. The van der Waals surface area contributed by atoms with E-state index >= 15 is 0 Å². The van der Waals surface area contributed by atoms with Crippen LogP contribution in [-0.4, -0.2) is 17.8 Å². The fraction of sp³-hybridized carbons (Fsp3) is 0.0769. The average molecular weight is 274 g/mol. The van der Waals surface area contributed by atoms with Gasteiger partial charge in [-0.2, -0.15) is 5.10 Å². The SMILES string of the molecule is C=CCOc1ccccc1C=NNc1nc(N)cs1. The molecule has 0 spiro atoms. The molecule has 5 nitrogen and oxygen atoms in total. The van der Waals surface area contributed by atoms with Gasteiger partial charge in [-0.3, -0.25) is 5.43 Å². The molecule has 6 heteroatoms. The molecule has 0 unspecified atom stereocenters. The highest BCUT2D eigenvalue weighted by atomic mass is 32.1. The third kappa shape index (κ3) is 3.82. The minimum atomic E-state index is 0.460. The van der Waals surface area contributed by atoms with Crippen LogP contribution in [0.2, 0.25) is 0 Å². The van der Waals surface area contributed by atoms with Gasteiger partial charge in [-0.25, -0.2) is 4.98 Å². The molecule has 2 aromatic rings. The first-order valence-corrected chi connectivity index (χ1v) is 6.50. The summed E-state index contributed by atoms with van der Waals surface area (Å²) in [5, 5.41) is 6.51. The number of aromatic nitrogens is 1. The van der Waals surface area contributed by atoms with E-state index in [9.17, 15) is 0 Å². The van der Waals surface area contributed by atoms with Crippen molar-refractivity contribution in [3.05, 3.63) is 47.9 Å². The van der Waals surface area contributed by atoms with Crippen LogP contribution in [0.5, 0.6) is 5.75 Å². The molecule has 0 bridgehead atoms. The second-order valence-electron chi connectivity index (χ2n) is 3.59. The molecule has 19 heavy (non-hydrogen) atoms. The summed E-state index contributed by atoms with van der Waals surface area (Å²) < 4.78 is 5.52. The zero-order chi connectivity index (χ0) is 13.5. The second-order valence-corrected chi connectivity index (χ2v) is 4.44. The zero-order valence-corrected chi connectivity index (χ0v) is 11.1. The van der Waals surface area contributed by atoms with Crippen LogP contribution in [-0.2, 0) is 0 Å². The smallest absolute Gasteiger partial charge is 0.205 e. The molecule has 0 aliphatic rings. The van der Waals surface area contributed by atoms with Crippen LogP contribution in [0.3, 0.4) is 0 Å². The van der Waals surface area contributed by atoms with Crippen molar-refractivity contribution in [2.24, 2.45) is 5.10 Å². The van der Waals surface area contributed by atoms with E-state index in [0.717, 1.165) is 11.3 Å². The van der Waals surface area contributed by atoms with Gasteiger partial charge < -0.3 is 10.5 Å². The molecule has 0 saturated heterocycles. The third-order valence-corrected chi connectivity index (χ3v) is 2.93. The molecule has 1 aromatic heterocycles. The minimum Gasteiger partial charge on any atom is -0.489 e. The number of ether oxygens (including phenoxy) is 1. The molecular formula is C13H14N4OS. The van der Waals surface area contributed by atoms with E-state index in [-0.39, 0.29) is 0 Å². The molecule has 98 valence electrons. The van der Waals surface area contributed by atoms with Gasteiger partial charge in [0.1, 0.15) is 18.2 Å². The first-order chi connectivity index (χ1) is 9.29. The van der Waals surface area contributed by atoms with E-state index in [1.54, 1.807) is 17.7 Å². The number of para-hydroxylation sites is 1. The van der Waals surface area contributed by atoms with Crippen LogP contribution in [0.4, 0.5) is 10.9 Å². The quantitative estimate of drug-likeness (QED) is 0.482. The zero-order valence-electron chi connectivity index (χ0n) is 10.2. The maximum absolute atomic E-state index is 5.52. The monoisotopic (exact) mass is 274 g/mol. The van der Waals surface area contributed by atoms with Crippen LogP contribution in [0.1, 0.15) is 5.56 Å². The van der Waals surface area contributed by atoms with Crippen molar-refractivity contribution in [2.75, 3.05) is 17.8 Å². The maximum atomic E-state index is 5.52. The molecule has 0 radical (unpaired) electrons. The Labute approximate surface area is 115 Å². The van der Waals surface area contributed by atoms with Crippen molar-refractivity contribution in [3.63, 3.8) is 0 Å². The van der Waals surface area contributed by atoms with Crippen molar-refractivity contribution >= 4 is 28.5 Å². The standard InChI is InChI=1S/C13H14N4OS/c1-2-7-18-11-6-4-3-5-10(11)8-15-17-13-16-12(14)9-19-13/h2-6,8-9H,1,7,14H2,(H,16,17). The van der Waals surface area contributed by atoms with Crippen molar-refractivity contribution in [1.29, 1.82) is 0 Å². The summed E-state index contributed by atoms with van der Waals surface area (Å²) in [4.78, 5) is 4.04. The Bertz CT molecular complexity index is 580. The number of nitrogen functional groups attached to an aromatic ring is 1. The highest BCUT2D eigenvalue weighted by Gasteiger charge is 1.99. The number of hydrogen-bond acceptors (Lipinski definition) is 6. The Morgan fingerprint density at radius 2 is 2.32 bits per heavy atom. The number of nitrogens with zero attached hydrogens (tertiary/aromatic N) is 2. The van der Waals surface area contributed by atoms with Gasteiger partial charge >= 0.3 is 0 Å². The Balaban J connectivity index is 2.03. The fourth-order valence-corrected chi connectivity index (χ4v) is 1.91. The van der Waals surface area contributed by atoms with Gasteiger partial charge in [0.25, 0.3) is 0 Å². The number of thiazole rings is 1. The first-order valence-electron chi connectivity index (χ1n) is 5.62. The summed E-state index contributed by atoms with van der Waals surface area (Å²) in [7, 11) is 0. The van der Waals surface area contributed by atoms with Gasteiger partial charge in [-0.1, -0.05) is 24.8 Å². The molecule has 0 aliphatic heterocycles. The predicted octanol–water partition coefficient (Wildman–Crippen LogP) is 2.74. The molecule has 3 N–H and O–H groups in total. The molecule has 1 aromatic carbocycles. The van der Waals surface area contributed by atoms with E-state index in [1.165, 1.54) is 11.3 Å². The van der Waals surface area contributed by atoms with Crippen LogP contribution >= 0.6 is 11.3 Å². The lowest BCUT2D eigenvalue weighted by atomic mass is 10.2.